The molecule has 0 spiro atoms. The number of rotatable bonds is 4. The molecule has 1 saturated heterocycles. The number of benzene rings is 2. The monoisotopic (exact) mass is 467 g/mol. The van der Waals surface area contributed by atoms with Gasteiger partial charge in [-0.25, -0.2) is 21.2 Å². The largest absolute Gasteiger partial charge is 0.573 e. The van der Waals surface area contributed by atoms with E-state index in [0.29, 0.717) is 0 Å². The van der Waals surface area contributed by atoms with Crippen LogP contribution in [0.2, 0.25) is 0 Å². The highest BCUT2D eigenvalue weighted by molar-refractivity contribution is 7.92. The van der Waals surface area contributed by atoms with E-state index < -0.39 is 60.2 Å². The minimum Gasteiger partial charge on any atom is -0.404 e. The fraction of sp³-hybridized carbons (Fsp3) is 0.333. The molecule has 0 N–H and O–H groups in total. The third kappa shape index (κ3) is 4.76. The van der Waals surface area contributed by atoms with E-state index in [4.69, 9.17) is 0 Å². The average Bonchev–Trinajstić information content (AvgIpc) is 2.80. The van der Waals surface area contributed by atoms with Gasteiger partial charge < -0.3 is 4.74 Å². The Morgan fingerprint density at radius 1 is 1.00 bits per heavy atom. The lowest BCUT2D eigenvalue weighted by Crippen LogP contribution is -2.34. The van der Waals surface area contributed by atoms with Gasteiger partial charge in [0.25, 0.3) is 0 Å². The molecule has 164 valence electrons. The Kier molecular flexibility index (Phi) is 6.12. The van der Waals surface area contributed by atoms with Gasteiger partial charge in [0, 0.05) is 18.7 Å². The molecular formula is C18H17F4NO5S2. The maximum atomic E-state index is 14.1. The zero-order chi connectivity index (χ0) is 22.2. The maximum absolute atomic E-state index is 14.1. The number of nitrogens with zero attached hydrogens (tertiary/aromatic N) is 1. The highest BCUT2D eigenvalue weighted by Gasteiger charge is 2.39. The standard InChI is InChI=1S/C18H17F4NO5S2/c19-14-6-2-1-5-13(14)16-9-10-23(11-12-29(16,24)25)30(26,27)17-8-4-3-7-15(17)28-18(20,21)22/h1-8,16H,9-12H2. The van der Waals surface area contributed by atoms with E-state index in [2.05, 4.69) is 4.74 Å². The summed E-state index contributed by atoms with van der Waals surface area (Å²) in [6.45, 7) is -0.795. The smallest absolute Gasteiger partial charge is 0.404 e. The van der Waals surface area contributed by atoms with Crippen molar-refractivity contribution in [2.45, 2.75) is 22.9 Å². The summed E-state index contributed by atoms with van der Waals surface area (Å²) in [7, 11) is -8.41. The van der Waals surface area contributed by atoms with Gasteiger partial charge in [0.05, 0.1) is 11.0 Å². The number of sulfonamides is 1. The molecule has 30 heavy (non-hydrogen) atoms. The summed E-state index contributed by atoms with van der Waals surface area (Å²) in [5.74, 6) is -2.25. The second kappa shape index (κ2) is 8.16. The van der Waals surface area contributed by atoms with Crippen LogP contribution in [0.4, 0.5) is 17.6 Å². The lowest BCUT2D eigenvalue weighted by atomic mass is 10.1. The van der Waals surface area contributed by atoms with Crippen LogP contribution in [0.15, 0.2) is 53.4 Å². The van der Waals surface area contributed by atoms with Crippen LogP contribution in [-0.4, -0.2) is 46.3 Å². The number of para-hydroxylation sites is 1. The lowest BCUT2D eigenvalue weighted by Gasteiger charge is -2.21. The highest BCUT2D eigenvalue weighted by atomic mass is 32.2. The van der Waals surface area contributed by atoms with E-state index in [-0.39, 0.29) is 18.5 Å². The lowest BCUT2D eigenvalue weighted by molar-refractivity contribution is -0.275. The first-order valence-electron chi connectivity index (χ1n) is 8.73. The van der Waals surface area contributed by atoms with Gasteiger partial charge in [0.2, 0.25) is 10.0 Å². The van der Waals surface area contributed by atoms with Crippen LogP contribution in [0.3, 0.4) is 0 Å². The summed E-state index contributed by atoms with van der Waals surface area (Å²) < 4.78 is 108. The third-order valence-electron chi connectivity index (χ3n) is 4.64. The molecule has 0 saturated carbocycles. The summed E-state index contributed by atoms with van der Waals surface area (Å²) >= 11 is 0. The van der Waals surface area contributed by atoms with Crippen molar-refractivity contribution in [1.82, 2.24) is 4.31 Å². The van der Waals surface area contributed by atoms with Crippen molar-refractivity contribution in [2.24, 2.45) is 0 Å². The fourth-order valence-electron chi connectivity index (χ4n) is 3.26. The normalized spacial score (nSPS) is 20.5. The van der Waals surface area contributed by atoms with Gasteiger partial charge >= 0.3 is 6.36 Å². The second-order valence-electron chi connectivity index (χ2n) is 6.56. The van der Waals surface area contributed by atoms with E-state index in [1.807, 2.05) is 0 Å². The van der Waals surface area contributed by atoms with Crippen LogP contribution < -0.4 is 4.74 Å². The van der Waals surface area contributed by atoms with E-state index in [0.717, 1.165) is 22.5 Å². The number of alkyl halides is 3. The second-order valence-corrected chi connectivity index (χ2v) is 10.8. The molecule has 0 amide bonds. The minimum absolute atomic E-state index is 0.0717. The molecule has 0 aliphatic carbocycles. The van der Waals surface area contributed by atoms with E-state index in [1.54, 1.807) is 0 Å². The molecule has 1 unspecified atom stereocenters. The first-order chi connectivity index (χ1) is 13.9. The third-order valence-corrected chi connectivity index (χ3v) is 8.69. The van der Waals surface area contributed by atoms with Gasteiger partial charge in [-0.1, -0.05) is 30.3 Å². The van der Waals surface area contributed by atoms with Crippen LogP contribution in [0.5, 0.6) is 5.75 Å². The first kappa shape index (κ1) is 22.5. The number of sulfone groups is 1. The van der Waals surface area contributed by atoms with Crippen molar-refractivity contribution in [3.05, 3.63) is 59.9 Å². The van der Waals surface area contributed by atoms with E-state index in [9.17, 15) is 34.4 Å². The molecule has 12 heteroatoms. The van der Waals surface area contributed by atoms with E-state index >= 15 is 0 Å². The maximum Gasteiger partial charge on any atom is 0.573 e. The number of halogens is 4. The Hall–Kier alpha value is -2.18. The van der Waals surface area contributed by atoms with Crippen LogP contribution in [0, 0.1) is 5.82 Å². The molecule has 1 aliphatic heterocycles. The van der Waals surface area contributed by atoms with Crippen molar-refractivity contribution in [1.29, 1.82) is 0 Å². The molecule has 3 rings (SSSR count). The first-order valence-corrected chi connectivity index (χ1v) is 11.9. The summed E-state index contributed by atoms with van der Waals surface area (Å²) in [6.07, 6.45) is -5.35. The van der Waals surface area contributed by atoms with Crippen molar-refractivity contribution in [3.8, 4) is 5.75 Å². The molecule has 1 fully saturated rings. The van der Waals surface area contributed by atoms with Crippen molar-refractivity contribution in [2.75, 3.05) is 18.8 Å². The predicted octanol–water partition coefficient (Wildman–Crippen LogP) is 3.27. The van der Waals surface area contributed by atoms with Gasteiger partial charge in [0.15, 0.2) is 9.84 Å². The van der Waals surface area contributed by atoms with Gasteiger partial charge in [-0.05, 0) is 24.6 Å². The number of ether oxygens (including phenoxy) is 1. The molecule has 0 radical (unpaired) electrons. The Balaban J connectivity index is 1.94. The van der Waals surface area contributed by atoms with E-state index in [1.165, 1.54) is 30.3 Å². The van der Waals surface area contributed by atoms with Crippen LogP contribution >= 0.6 is 0 Å². The molecule has 1 heterocycles. The van der Waals surface area contributed by atoms with Crippen LogP contribution in [0.25, 0.3) is 0 Å². The molecule has 6 nitrogen and oxygen atoms in total. The molecule has 0 bridgehead atoms. The quantitative estimate of drug-likeness (QED) is 0.645. The molecule has 0 aromatic heterocycles. The van der Waals surface area contributed by atoms with Gasteiger partial charge in [-0.15, -0.1) is 13.2 Å². The fourth-order valence-corrected chi connectivity index (χ4v) is 6.75. The summed E-state index contributed by atoms with van der Waals surface area (Å²) in [4.78, 5) is -0.732. The topological polar surface area (TPSA) is 80.8 Å². The zero-order valence-electron chi connectivity index (χ0n) is 15.3. The Morgan fingerprint density at radius 2 is 1.63 bits per heavy atom. The molecule has 1 atom stereocenters. The summed E-state index contributed by atoms with van der Waals surface area (Å²) in [6, 6.07) is 9.51. The predicted molar refractivity (Wildman–Crippen MR) is 99.4 cm³/mol. The molecule has 2 aromatic rings. The molecule has 2 aromatic carbocycles. The summed E-state index contributed by atoms with van der Waals surface area (Å²) in [5.41, 5.74) is -0.0717. The molecular weight excluding hydrogens is 450 g/mol. The van der Waals surface area contributed by atoms with Crippen molar-refractivity contribution in [3.63, 3.8) is 0 Å². The minimum atomic E-state index is -5.11. The van der Waals surface area contributed by atoms with Crippen molar-refractivity contribution < 1.29 is 39.1 Å². The van der Waals surface area contributed by atoms with Gasteiger partial charge in [-0.3, -0.25) is 0 Å². The Labute approximate surface area is 171 Å². The van der Waals surface area contributed by atoms with Crippen molar-refractivity contribution >= 4 is 19.9 Å². The Bertz CT molecular complexity index is 1130. The highest BCUT2D eigenvalue weighted by Crippen LogP contribution is 2.35. The molecule has 1 aliphatic rings. The van der Waals surface area contributed by atoms with Crippen LogP contribution in [-0.2, 0) is 19.9 Å². The average molecular weight is 467 g/mol. The van der Waals surface area contributed by atoms with Gasteiger partial charge in [0.1, 0.15) is 16.5 Å². The number of hydrogen-bond donors (Lipinski definition) is 0. The zero-order valence-corrected chi connectivity index (χ0v) is 17.0. The van der Waals surface area contributed by atoms with Crippen LogP contribution in [0.1, 0.15) is 17.2 Å². The number of hydrogen-bond acceptors (Lipinski definition) is 5. The summed E-state index contributed by atoms with van der Waals surface area (Å²) in [5, 5.41) is -1.26. The Morgan fingerprint density at radius 3 is 2.30 bits per heavy atom. The van der Waals surface area contributed by atoms with Gasteiger partial charge in [-0.2, -0.15) is 4.31 Å². The SMILES string of the molecule is O=S1(=O)CCN(S(=O)(=O)c2ccccc2OC(F)(F)F)CCC1c1ccccc1F.